The number of carbonyl (C=O) groups excluding carboxylic acids is 1. The lowest BCUT2D eigenvalue weighted by Gasteiger charge is -2.42. The summed E-state index contributed by atoms with van der Waals surface area (Å²) in [5.41, 5.74) is 1.13. The summed E-state index contributed by atoms with van der Waals surface area (Å²) in [6.45, 7) is 1.01. The number of carbonyl (C=O) groups is 1. The second kappa shape index (κ2) is 4.85. The molecule has 0 aliphatic carbocycles. The molecular weight excluding hydrogens is 240 g/mol. The van der Waals surface area contributed by atoms with Gasteiger partial charge in [-0.05, 0) is 43.5 Å². The Bertz CT molecular complexity index is 472. The molecule has 1 spiro atoms. The Morgan fingerprint density at radius 2 is 2.05 bits per heavy atom. The standard InChI is InChI=1S/C15H20N2O2/c1-19-12-5-3-11(4-6-12)14-15(8-2-10-16-14)9-7-13(18)17-15/h3-6,14,16H,2,7-10H2,1H3,(H,17,18)/t14-,15+/m0/s1. The highest BCUT2D eigenvalue weighted by Crippen LogP contribution is 2.40. The van der Waals surface area contributed by atoms with Crippen molar-refractivity contribution in [2.24, 2.45) is 0 Å². The van der Waals surface area contributed by atoms with Gasteiger partial charge in [0, 0.05) is 6.42 Å². The molecule has 4 nitrogen and oxygen atoms in total. The Hall–Kier alpha value is -1.55. The molecule has 3 rings (SSSR count). The molecule has 2 fully saturated rings. The molecule has 0 bridgehead atoms. The van der Waals surface area contributed by atoms with E-state index in [1.54, 1.807) is 7.11 Å². The van der Waals surface area contributed by atoms with Gasteiger partial charge in [-0.1, -0.05) is 12.1 Å². The van der Waals surface area contributed by atoms with E-state index in [9.17, 15) is 4.79 Å². The number of methoxy groups -OCH3 is 1. The van der Waals surface area contributed by atoms with Crippen LogP contribution in [0.15, 0.2) is 24.3 Å². The first-order chi connectivity index (χ1) is 9.23. The van der Waals surface area contributed by atoms with E-state index in [-0.39, 0.29) is 17.5 Å². The molecule has 2 heterocycles. The maximum Gasteiger partial charge on any atom is 0.220 e. The molecule has 1 amide bonds. The van der Waals surface area contributed by atoms with Crippen LogP contribution in [0.1, 0.15) is 37.3 Å². The Morgan fingerprint density at radius 1 is 1.26 bits per heavy atom. The second-order valence-corrected chi connectivity index (χ2v) is 5.47. The maximum absolute atomic E-state index is 11.6. The number of hydrogen-bond donors (Lipinski definition) is 2. The molecule has 0 saturated carbocycles. The first-order valence-electron chi connectivity index (χ1n) is 6.92. The molecule has 2 aliphatic heterocycles. The maximum atomic E-state index is 11.6. The van der Waals surface area contributed by atoms with E-state index < -0.39 is 0 Å². The lowest BCUT2D eigenvalue weighted by atomic mass is 9.78. The van der Waals surface area contributed by atoms with E-state index in [2.05, 4.69) is 22.8 Å². The molecule has 1 aromatic carbocycles. The van der Waals surface area contributed by atoms with E-state index in [0.29, 0.717) is 6.42 Å². The molecule has 0 aromatic heterocycles. The van der Waals surface area contributed by atoms with E-state index in [0.717, 1.165) is 31.6 Å². The number of amides is 1. The summed E-state index contributed by atoms with van der Waals surface area (Å²) in [5.74, 6) is 1.05. The third-order valence-corrected chi connectivity index (χ3v) is 4.34. The average Bonchev–Trinajstić information content (AvgIpc) is 2.81. The third-order valence-electron chi connectivity index (χ3n) is 4.34. The van der Waals surface area contributed by atoms with E-state index >= 15 is 0 Å². The van der Waals surface area contributed by atoms with Gasteiger partial charge in [-0.3, -0.25) is 4.79 Å². The molecule has 2 atom stereocenters. The fraction of sp³-hybridized carbons (Fsp3) is 0.533. The minimum atomic E-state index is -0.0933. The van der Waals surface area contributed by atoms with Gasteiger partial charge in [0.2, 0.25) is 5.91 Å². The summed E-state index contributed by atoms with van der Waals surface area (Å²) in [6.07, 6.45) is 3.75. The van der Waals surface area contributed by atoms with Crippen molar-refractivity contribution in [3.05, 3.63) is 29.8 Å². The first kappa shape index (κ1) is 12.5. The molecule has 19 heavy (non-hydrogen) atoms. The van der Waals surface area contributed by atoms with Crippen LogP contribution in [0.25, 0.3) is 0 Å². The van der Waals surface area contributed by atoms with Crippen LogP contribution >= 0.6 is 0 Å². The molecule has 0 radical (unpaired) electrons. The lowest BCUT2D eigenvalue weighted by Crippen LogP contribution is -2.55. The van der Waals surface area contributed by atoms with Gasteiger partial charge in [-0.15, -0.1) is 0 Å². The first-order valence-corrected chi connectivity index (χ1v) is 6.92. The molecule has 2 saturated heterocycles. The van der Waals surface area contributed by atoms with Crippen LogP contribution < -0.4 is 15.4 Å². The highest BCUT2D eigenvalue weighted by Gasteiger charge is 2.46. The molecule has 2 aliphatic rings. The summed E-state index contributed by atoms with van der Waals surface area (Å²) in [7, 11) is 1.67. The average molecular weight is 260 g/mol. The van der Waals surface area contributed by atoms with Crippen molar-refractivity contribution in [1.82, 2.24) is 10.6 Å². The Balaban J connectivity index is 1.89. The number of ether oxygens (including phenoxy) is 1. The third kappa shape index (κ3) is 2.21. The number of piperidine rings is 1. The quantitative estimate of drug-likeness (QED) is 0.852. The van der Waals surface area contributed by atoms with Gasteiger partial charge in [0.1, 0.15) is 5.75 Å². The molecule has 4 heteroatoms. The van der Waals surface area contributed by atoms with Crippen LogP contribution in [-0.2, 0) is 4.79 Å². The number of nitrogens with one attached hydrogen (secondary N) is 2. The minimum Gasteiger partial charge on any atom is -0.497 e. The Morgan fingerprint density at radius 3 is 2.68 bits per heavy atom. The highest BCUT2D eigenvalue weighted by molar-refractivity contribution is 5.79. The predicted octanol–water partition coefficient (Wildman–Crippen LogP) is 1.77. The van der Waals surface area contributed by atoms with Crippen LogP contribution in [0, 0.1) is 0 Å². The fourth-order valence-electron chi connectivity index (χ4n) is 3.37. The largest absolute Gasteiger partial charge is 0.497 e. The lowest BCUT2D eigenvalue weighted by molar-refractivity contribution is -0.120. The minimum absolute atomic E-state index is 0.0933. The van der Waals surface area contributed by atoms with Gasteiger partial charge in [-0.25, -0.2) is 0 Å². The normalized spacial score (nSPS) is 30.4. The van der Waals surface area contributed by atoms with E-state index in [4.69, 9.17) is 4.74 Å². The topological polar surface area (TPSA) is 50.4 Å². The van der Waals surface area contributed by atoms with Crippen LogP contribution in [-0.4, -0.2) is 25.1 Å². The predicted molar refractivity (Wildman–Crippen MR) is 73.1 cm³/mol. The zero-order chi connectivity index (χ0) is 13.3. The Kier molecular flexibility index (Phi) is 3.19. The van der Waals surface area contributed by atoms with Crippen LogP contribution in [0.3, 0.4) is 0 Å². The van der Waals surface area contributed by atoms with Crippen LogP contribution in [0.2, 0.25) is 0 Å². The van der Waals surface area contributed by atoms with Gasteiger partial charge < -0.3 is 15.4 Å². The van der Waals surface area contributed by atoms with Gasteiger partial charge in [0.15, 0.2) is 0 Å². The molecule has 2 N–H and O–H groups in total. The number of benzene rings is 1. The van der Waals surface area contributed by atoms with Gasteiger partial charge in [0.05, 0.1) is 18.7 Å². The monoisotopic (exact) mass is 260 g/mol. The number of hydrogen-bond acceptors (Lipinski definition) is 3. The summed E-state index contributed by atoms with van der Waals surface area (Å²) in [4.78, 5) is 11.6. The summed E-state index contributed by atoms with van der Waals surface area (Å²) < 4.78 is 5.20. The molecule has 102 valence electrons. The molecular formula is C15H20N2O2. The van der Waals surface area contributed by atoms with E-state index in [1.165, 1.54) is 5.56 Å². The van der Waals surface area contributed by atoms with Crippen molar-refractivity contribution in [1.29, 1.82) is 0 Å². The van der Waals surface area contributed by atoms with Crippen molar-refractivity contribution >= 4 is 5.91 Å². The smallest absolute Gasteiger partial charge is 0.220 e. The van der Waals surface area contributed by atoms with Crippen molar-refractivity contribution in [2.45, 2.75) is 37.3 Å². The zero-order valence-electron chi connectivity index (χ0n) is 11.2. The fourth-order valence-corrected chi connectivity index (χ4v) is 3.37. The second-order valence-electron chi connectivity index (χ2n) is 5.47. The summed E-state index contributed by atoms with van der Waals surface area (Å²) in [5, 5.41) is 6.78. The van der Waals surface area contributed by atoms with Crippen molar-refractivity contribution in [3.8, 4) is 5.75 Å². The molecule has 1 aromatic rings. The van der Waals surface area contributed by atoms with Crippen molar-refractivity contribution in [3.63, 3.8) is 0 Å². The van der Waals surface area contributed by atoms with E-state index in [1.807, 2.05) is 12.1 Å². The van der Waals surface area contributed by atoms with Gasteiger partial charge >= 0.3 is 0 Å². The SMILES string of the molecule is COc1ccc([C@@H]2NCCC[C@@]23CCC(=O)N3)cc1. The molecule has 0 unspecified atom stereocenters. The zero-order valence-corrected chi connectivity index (χ0v) is 11.2. The highest BCUT2D eigenvalue weighted by atomic mass is 16.5. The summed E-state index contributed by atoms with van der Waals surface area (Å²) in [6, 6.07) is 8.35. The van der Waals surface area contributed by atoms with Gasteiger partial charge in [0.25, 0.3) is 0 Å². The van der Waals surface area contributed by atoms with Crippen molar-refractivity contribution in [2.75, 3.05) is 13.7 Å². The Labute approximate surface area is 113 Å². The van der Waals surface area contributed by atoms with Crippen molar-refractivity contribution < 1.29 is 9.53 Å². The van der Waals surface area contributed by atoms with Gasteiger partial charge in [-0.2, -0.15) is 0 Å². The number of rotatable bonds is 2. The summed E-state index contributed by atoms with van der Waals surface area (Å²) >= 11 is 0. The van der Waals surface area contributed by atoms with Crippen LogP contribution in [0.5, 0.6) is 5.75 Å². The van der Waals surface area contributed by atoms with Crippen LogP contribution in [0.4, 0.5) is 0 Å².